The Morgan fingerprint density at radius 1 is 0.943 bits per heavy atom. The Kier molecular flexibility index (Phi) is 8.63. The van der Waals surface area contributed by atoms with Gasteiger partial charge in [0.1, 0.15) is 5.60 Å². The quantitative estimate of drug-likeness (QED) is 0.237. The molecule has 0 unspecified atom stereocenters. The molecular weight excluding hydrogens is 448 g/mol. The first-order valence-electron chi connectivity index (χ1n) is 11.3. The standard InChI is InChI=1S/C24H32N8O3/c1-24(2,3)35-23(34)29-19-6-4-5-18(15-19)28-22-31-20(30-21(32-22)27-13-14-33)26-12-11-16-7-9-17(25)10-8-16/h4-10,15,33H,11-14,25H2,1-3H3,(H,29,34)(H3,26,27,28,30,31,32). The van der Waals surface area contributed by atoms with E-state index in [0.29, 0.717) is 42.3 Å². The number of nitrogens with zero attached hydrogens (tertiary/aromatic N) is 3. The molecular formula is C24H32N8O3. The number of carbonyl (C=O) groups is 1. The normalized spacial score (nSPS) is 11.0. The lowest BCUT2D eigenvalue weighted by Crippen LogP contribution is -2.27. The van der Waals surface area contributed by atoms with Gasteiger partial charge in [-0.25, -0.2) is 4.79 Å². The molecule has 11 heteroatoms. The van der Waals surface area contributed by atoms with Gasteiger partial charge in [-0.2, -0.15) is 15.0 Å². The lowest BCUT2D eigenvalue weighted by atomic mass is 10.1. The van der Waals surface area contributed by atoms with Gasteiger partial charge in [0.25, 0.3) is 0 Å². The summed E-state index contributed by atoms with van der Waals surface area (Å²) in [4.78, 5) is 25.2. The van der Waals surface area contributed by atoms with Crippen molar-refractivity contribution in [3.63, 3.8) is 0 Å². The summed E-state index contributed by atoms with van der Waals surface area (Å²) in [6.45, 7) is 6.23. The van der Waals surface area contributed by atoms with Crippen LogP contribution in [0.2, 0.25) is 0 Å². The first-order valence-corrected chi connectivity index (χ1v) is 11.3. The molecule has 0 saturated carbocycles. The van der Waals surface area contributed by atoms with E-state index in [0.717, 1.165) is 17.7 Å². The maximum absolute atomic E-state index is 12.1. The average molecular weight is 481 g/mol. The van der Waals surface area contributed by atoms with Crippen molar-refractivity contribution in [2.24, 2.45) is 0 Å². The Bertz CT molecular complexity index is 1120. The maximum Gasteiger partial charge on any atom is 0.412 e. The maximum atomic E-state index is 12.1. The molecule has 3 aromatic rings. The summed E-state index contributed by atoms with van der Waals surface area (Å²) in [5.41, 5.74) is 8.21. The van der Waals surface area contributed by atoms with Crippen LogP contribution in [0.3, 0.4) is 0 Å². The molecule has 0 atom stereocenters. The van der Waals surface area contributed by atoms with Crippen LogP contribution >= 0.6 is 0 Å². The molecule has 0 aliphatic carbocycles. The first kappa shape index (κ1) is 25.5. The van der Waals surface area contributed by atoms with Crippen molar-refractivity contribution in [3.05, 3.63) is 54.1 Å². The number of ether oxygens (including phenoxy) is 1. The van der Waals surface area contributed by atoms with E-state index in [-0.39, 0.29) is 6.61 Å². The number of amides is 1. The van der Waals surface area contributed by atoms with Gasteiger partial charge in [-0.05, 0) is 63.1 Å². The predicted molar refractivity (Wildman–Crippen MR) is 138 cm³/mol. The molecule has 0 aliphatic rings. The molecule has 1 heterocycles. The van der Waals surface area contributed by atoms with Crippen LogP contribution < -0.4 is 27.0 Å². The third kappa shape index (κ3) is 8.97. The van der Waals surface area contributed by atoms with Gasteiger partial charge in [0.2, 0.25) is 17.8 Å². The number of nitrogens with one attached hydrogen (secondary N) is 4. The number of nitrogen functional groups attached to an aromatic ring is 1. The van der Waals surface area contributed by atoms with Crippen LogP contribution in [0.5, 0.6) is 0 Å². The van der Waals surface area contributed by atoms with Gasteiger partial charge in [-0.3, -0.25) is 5.32 Å². The van der Waals surface area contributed by atoms with E-state index >= 15 is 0 Å². The summed E-state index contributed by atoms with van der Waals surface area (Å²) in [7, 11) is 0. The van der Waals surface area contributed by atoms with E-state index in [1.165, 1.54) is 0 Å². The smallest absolute Gasteiger partial charge is 0.412 e. The number of anilines is 6. The van der Waals surface area contributed by atoms with Gasteiger partial charge in [0.15, 0.2) is 0 Å². The van der Waals surface area contributed by atoms with E-state index in [1.807, 2.05) is 30.3 Å². The summed E-state index contributed by atoms with van der Waals surface area (Å²) < 4.78 is 5.30. The Morgan fingerprint density at radius 2 is 1.57 bits per heavy atom. The summed E-state index contributed by atoms with van der Waals surface area (Å²) in [6, 6.07) is 14.8. The van der Waals surface area contributed by atoms with Crippen LogP contribution in [0.25, 0.3) is 0 Å². The highest BCUT2D eigenvalue weighted by atomic mass is 16.6. The number of nitrogens with two attached hydrogens (primary N) is 1. The van der Waals surface area contributed by atoms with E-state index < -0.39 is 11.7 Å². The van der Waals surface area contributed by atoms with Crippen LogP contribution in [0, 0.1) is 0 Å². The number of benzene rings is 2. The number of aliphatic hydroxyl groups is 1. The molecule has 0 saturated heterocycles. The minimum Gasteiger partial charge on any atom is -0.444 e. The third-order valence-corrected chi connectivity index (χ3v) is 4.47. The van der Waals surface area contributed by atoms with Crippen LogP contribution in [-0.2, 0) is 11.2 Å². The molecule has 7 N–H and O–H groups in total. The van der Waals surface area contributed by atoms with Crippen LogP contribution in [0.15, 0.2) is 48.5 Å². The number of carbonyl (C=O) groups excluding carboxylic acids is 1. The summed E-state index contributed by atoms with van der Waals surface area (Å²) in [5, 5.41) is 21.1. The largest absolute Gasteiger partial charge is 0.444 e. The molecule has 1 aromatic heterocycles. The number of rotatable bonds is 10. The summed E-state index contributed by atoms with van der Waals surface area (Å²) >= 11 is 0. The Morgan fingerprint density at radius 3 is 2.23 bits per heavy atom. The average Bonchev–Trinajstić information content (AvgIpc) is 2.78. The number of aliphatic hydroxyl groups excluding tert-OH is 1. The molecule has 11 nitrogen and oxygen atoms in total. The number of aromatic nitrogens is 3. The molecule has 0 aliphatic heterocycles. The zero-order valence-electron chi connectivity index (χ0n) is 20.1. The molecule has 0 spiro atoms. The van der Waals surface area contributed by atoms with Crippen molar-refractivity contribution >= 4 is 41.0 Å². The van der Waals surface area contributed by atoms with E-state index in [2.05, 4.69) is 36.2 Å². The first-order chi connectivity index (χ1) is 16.7. The highest BCUT2D eigenvalue weighted by molar-refractivity contribution is 5.85. The summed E-state index contributed by atoms with van der Waals surface area (Å²) in [5.74, 6) is 0.987. The van der Waals surface area contributed by atoms with Crippen molar-refractivity contribution in [3.8, 4) is 0 Å². The number of hydrogen-bond acceptors (Lipinski definition) is 10. The lowest BCUT2D eigenvalue weighted by Gasteiger charge is -2.19. The van der Waals surface area contributed by atoms with Gasteiger partial charge in [0.05, 0.1) is 6.61 Å². The lowest BCUT2D eigenvalue weighted by molar-refractivity contribution is 0.0636. The molecule has 186 valence electrons. The third-order valence-electron chi connectivity index (χ3n) is 4.47. The highest BCUT2D eigenvalue weighted by Crippen LogP contribution is 2.20. The van der Waals surface area contributed by atoms with Crippen LogP contribution in [0.4, 0.5) is 39.7 Å². The van der Waals surface area contributed by atoms with Gasteiger partial charge in [-0.15, -0.1) is 0 Å². The van der Waals surface area contributed by atoms with E-state index in [1.54, 1.807) is 39.0 Å². The Hall–Kier alpha value is -4.12. The topological polar surface area (TPSA) is 159 Å². The molecule has 35 heavy (non-hydrogen) atoms. The molecule has 0 radical (unpaired) electrons. The molecule has 1 amide bonds. The van der Waals surface area contributed by atoms with Crippen molar-refractivity contribution in [1.29, 1.82) is 0 Å². The molecule has 2 aromatic carbocycles. The Balaban J connectivity index is 1.69. The fourth-order valence-corrected chi connectivity index (χ4v) is 2.99. The van der Waals surface area contributed by atoms with E-state index in [4.69, 9.17) is 15.6 Å². The Labute approximate surface area is 204 Å². The number of hydrogen-bond donors (Lipinski definition) is 6. The molecule has 0 fully saturated rings. The summed E-state index contributed by atoms with van der Waals surface area (Å²) in [6.07, 6.45) is 0.213. The van der Waals surface area contributed by atoms with Gasteiger partial charge in [-0.1, -0.05) is 18.2 Å². The fraction of sp³-hybridized carbons (Fsp3) is 0.333. The van der Waals surface area contributed by atoms with Gasteiger partial charge in [0, 0.05) is 30.2 Å². The minimum atomic E-state index is -0.597. The molecule has 3 rings (SSSR count). The van der Waals surface area contributed by atoms with Crippen molar-refractivity contribution < 1.29 is 14.6 Å². The monoisotopic (exact) mass is 480 g/mol. The minimum absolute atomic E-state index is 0.0628. The van der Waals surface area contributed by atoms with E-state index in [9.17, 15) is 4.79 Å². The second-order valence-corrected chi connectivity index (χ2v) is 8.71. The zero-order valence-corrected chi connectivity index (χ0v) is 20.1. The van der Waals surface area contributed by atoms with Gasteiger partial charge >= 0.3 is 6.09 Å². The highest BCUT2D eigenvalue weighted by Gasteiger charge is 2.16. The zero-order chi connectivity index (χ0) is 25.3. The molecule has 0 bridgehead atoms. The predicted octanol–water partition coefficient (Wildman–Crippen LogP) is 3.60. The van der Waals surface area contributed by atoms with Crippen LogP contribution in [0.1, 0.15) is 26.3 Å². The van der Waals surface area contributed by atoms with Crippen molar-refractivity contribution in [2.45, 2.75) is 32.8 Å². The second kappa shape index (κ2) is 11.8. The van der Waals surface area contributed by atoms with Crippen LogP contribution in [-0.4, -0.2) is 51.4 Å². The fourth-order valence-electron chi connectivity index (χ4n) is 2.99. The van der Waals surface area contributed by atoms with Crippen molar-refractivity contribution in [1.82, 2.24) is 15.0 Å². The van der Waals surface area contributed by atoms with Crippen molar-refractivity contribution in [2.75, 3.05) is 46.7 Å². The SMILES string of the molecule is CC(C)(C)OC(=O)Nc1cccc(Nc2nc(NCCO)nc(NCCc3ccc(N)cc3)n2)c1. The second-order valence-electron chi connectivity index (χ2n) is 8.71. The van der Waals surface area contributed by atoms with Gasteiger partial charge < -0.3 is 31.5 Å².